The van der Waals surface area contributed by atoms with Crippen LogP contribution in [0.25, 0.3) is 0 Å². The first-order valence-corrected chi connectivity index (χ1v) is 7.66. The first-order valence-electron chi connectivity index (χ1n) is 7.66. The van der Waals surface area contributed by atoms with Gasteiger partial charge in [-0.2, -0.15) is 0 Å². The van der Waals surface area contributed by atoms with Gasteiger partial charge in [0.2, 0.25) is 0 Å². The highest BCUT2D eigenvalue weighted by Crippen LogP contribution is 2.15. The Kier molecular flexibility index (Phi) is 5.80. The number of nitrogens with one attached hydrogen (secondary N) is 2. The van der Waals surface area contributed by atoms with Gasteiger partial charge in [0, 0.05) is 24.3 Å². The molecule has 1 aliphatic heterocycles. The van der Waals surface area contributed by atoms with E-state index in [0.717, 1.165) is 5.69 Å². The molecular weight excluding hydrogens is 234 g/mol. The van der Waals surface area contributed by atoms with E-state index in [1.807, 2.05) is 12.3 Å². The van der Waals surface area contributed by atoms with Crippen LogP contribution >= 0.6 is 0 Å². The Labute approximate surface area is 117 Å². The Morgan fingerprint density at radius 2 is 2.21 bits per heavy atom. The number of aromatic nitrogens is 1. The minimum absolute atomic E-state index is 0.321. The van der Waals surface area contributed by atoms with Crippen molar-refractivity contribution in [3.63, 3.8) is 0 Å². The highest BCUT2D eigenvalue weighted by atomic mass is 15.0. The summed E-state index contributed by atoms with van der Waals surface area (Å²) < 4.78 is 0. The fraction of sp³-hybridized carbons (Fsp3) is 0.688. The average Bonchev–Trinajstić information content (AvgIpc) is 2.68. The zero-order valence-electron chi connectivity index (χ0n) is 12.2. The third-order valence-electron chi connectivity index (χ3n) is 3.97. The van der Waals surface area contributed by atoms with E-state index in [9.17, 15) is 0 Å². The monoisotopic (exact) mass is 261 g/mol. The number of rotatable bonds is 5. The summed E-state index contributed by atoms with van der Waals surface area (Å²) in [4.78, 5) is 4.42. The number of nitrogens with zero attached hydrogens (tertiary/aromatic N) is 1. The van der Waals surface area contributed by atoms with Gasteiger partial charge < -0.3 is 10.6 Å². The molecule has 19 heavy (non-hydrogen) atoms. The Morgan fingerprint density at radius 1 is 1.32 bits per heavy atom. The first-order chi connectivity index (χ1) is 9.25. The Bertz CT molecular complexity index is 344. The molecule has 2 rings (SSSR count). The van der Waals surface area contributed by atoms with Crippen molar-refractivity contribution in [2.75, 3.05) is 6.54 Å². The van der Waals surface area contributed by atoms with Gasteiger partial charge in [0.1, 0.15) is 0 Å². The van der Waals surface area contributed by atoms with Gasteiger partial charge in [-0.1, -0.05) is 18.9 Å². The molecule has 3 nitrogen and oxygen atoms in total. The second-order valence-electron chi connectivity index (χ2n) is 5.78. The van der Waals surface area contributed by atoms with Crippen LogP contribution in [0.4, 0.5) is 0 Å². The van der Waals surface area contributed by atoms with Crippen LogP contribution in [0.5, 0.6) is 0 Å². The van der Waals surface area contributed by atoms with E-state index < -0.39 is 0 Å². The fourth-order valence-electron chi connectivity index (χ4n) is 2.94. The molecule has 3 heteroatoms. The van der Waals surface area contributed by atoms with Gasteiger partial charge >= 0.3 is 0 Å². The summed E-state index contributed by atoms with van der Waals surface area (Å²) in [5, 5.41) is 7.33. The summed E-state index contributed by atoms with van der Waals surface area (Å²) in [6.45, 7) is 5.67. The SMILES string of the molecule is CC(CC1CCCCCN1)NC(C)c1ccccn1. The number of pyridine rings is 1. The lowest BCUT2D eigenvalue weighted by atomic mass is 10.0. The number of hydrogen-bond acceptors (Lipinski definition) is 3. The van der Waals surface area contributed by atoms with Crippen molar-refractivity contribution in [3.8, 4) is 0 Å². The molecule has 1 fully saturated rings. The quantitative estimate of drug-likeness (QED) is 0.855. The van der Waals surface area contributed by atoms with Crippen molar-refractivity contribution >= 4 is 0 Å². The molecule has 2 heterocycles. The van der Waals surface area contributed by atoms with E-state index in [4.69, 9.17) is 0 Å². The number of hydrogen-bond donors (Lipinski definition) is 2. The van der Waals surface area contributed by atoms with Gasteiger partial charge in [0.05, 0.1) is 5.69 Å². The van der Waals surface area contributed by atoms with Crippen LogP contribution in [0.1, 0.15) is 57.7 Å². The molecule has 0 aliphatic carbocycles. The summed E-state index contributed by atoms with van der Waals surface area (Å²) in [6, 6.07) is 7.64. The van der Waals surface area contributed by atoms with E-state index in [1.165, 1.54) is 38.6 Å². The lowest BCUT2D eigenvalue weighted by molar-refractivity contribution is 0.378. The topological polar surface area (TPSA) is 37.0 Å². The third kappa shape index (κ3) is 4.92. The Balaban J connectivity index is 1.78. The highest BCUT2D eigenvalue weighted by Gasteiger charge is 2.16. The summed E-state index contributed by atoms with van der Waals surface area (Å²) in [7, 11) is 0. The van der Waals surface area contributed by atoms with E-state index in [2.05, 4.69) is 41.6 Å². The zero-order valence-corrected chi connectivity index (χ0v) is 12.2. The molecule has 0 bridgehead atoms. The molecule has 0 spiro atoms. The van der Waals surface area contributed by atoms with Gasteiger partial charge in [0.15, 0.2) is 0 Å². The Hall–Kier alpha value is -0.930. The van der Waals surface area contributed by atoms with Crippen molar-refractivity contribution in [2.24, 2.45) is 0 Å². The lowest BCUT2D eigenvalue weighted by Gasteiger charge is -2.24. The van der Waals surface area contributed by atoms with Crippen LogP contribution in [0.15, 0.2) is 24.4 Å². The van der Waals surface area contributed by atoms with Crippen molar-refractivity contribution in [1.82, 2.24) is 15.6 Å². The van der Waals surface area contributed by atoms with Gasteiger partial charge in [-0.05, 0) is 51.8 Å². The van der Waals surface area contributed by atoms with E-state index >= 15 is 0 Å². The van der Waals surface area contributed by atoms with Crippen LogP contribution < -0.4 is 10.6 Å². The summed E-state index contributed by atoms with van der Waals surface area (Å²) in [5.74, 6) is 0. The molecule has 0 amide bonds. The minimum Gasteiger partial charge on any atom is -0.314 e. The summed E-state index contributed by atoms with van der Waals surface area (Å²) >= 11 is 0. The van der Waals surface area contributed by atoms with Crippen LogP contribution in [-0.2, 0) is 0 Å². The van der Waals surface area contributed by atoms with Crippen molar-refractivity contribution in [1.29, 1.82) is 0 Å². The Morgan fingerprint density at radius 3 is 3.00 bits per heavy atom. The van der Waals surface area contributed by atoms with Crippen LogP contribution in [-0.4, -0.2) is 23.6 Å². The molecular formula is C16H27N3. The molecule has 2 N–H and O–H groups in total. The maximum Gasteiger partial charge on any atom is 0.0570 e. The first kappa shape index (κ1) is 14.5. The van der Waals surface area contributed by atoms with E-state index in [1.54, 1.807) is 0 Å². The molecule has 0 aromatic carbocycles. The molecule has 0 radical (unpaired) electrons. The maximum absolute atomic E-state index is 4.42. The van der Waals surface area contributed by atoms with Gasteiger partial charge in [-0.25, -0.2) is 0 Å². The van der Waals surface area contributed by atoms with E-state index in [-0.39, 0.29) is 0 Å². The third-order valence-corrected chi connectivity index (χ3v) is 3.97. The van der Waals surface area contributed by atoms with Crippen molar-refractivity contribution in [3.05, 3.63) is 30.1 Å². The molecule has 0 saturated carbocycles. The summed E-state index contributed by atoms with van der Waals surface area (Å²) in [5.41, 5.74) is 1.13. The molecule has 3 unspecified atom stereocenters. The van der Waals surface area contributed by atoms with E-state index in [0.29, 0.717) is 18.1 Å². The molecule has 1 aromatic rings. The van der Waals surface area contributed by atoms with Gasteiger partial charge in [-0.3, -0.25) is 4.98 Å². The lowest BCUT2D eigenvalue weighted by Crippen LogP contribution is -2.37. The smallest absolute Gasteiger partial charge is 0.0570 e. The largest absolute Gasteiger partial charge is 0.314 e. The molecule has 1 saturated heterocycles. The van der Waals surface area contributed by atoms with Gasteiger partial charge in [0.25, 0.3) is 0 Å². The predicted octanol–water partition coefficient (Wildman–Crippen LogP) is 3.04. The standard InChI is InChI=1S/C16H27N3/c1-13(12-15-8-4-3-6-10-17-15)19-14(2)16-9-5-7-11-18-16/h5,7,9,11,13-15,17,19H,3-4,6,8,10,12H2,1-2H3. The van der Waals surface area contributed by atoms with Crippen molar-refractivity contribution < 1.29 is 0 Å². The molecule has 1 aromatic heterocycles. The van der Waals surface area contributed by atoms with Crippen LogP contribution in [0.3, 0.4) is 0 Å². The average molecular weight is 261 g/mol. The molecule has 1 aliphatic rings. The zero-order chi connectivity index (χ0) is 13.5. The summed E-state index contributed by atoms with van der Waals surface area (Å²) in [6.07, 6.45) is 8.49. The molecule has 106 valence electrons. The second kappa shape index (κ2) is 7.61. The van der Waals surface area contributed by atoms with Crippen LogP contribution in [0, 0.1) is 0 Å². The highest BCUT2D eigenvalue weighted by molar-refractivity contribution is 5.07. The van der Waals surface area contributed by atoms with Gasteiger partial charge in [-0.15, -0.1) is 0 Å². The normalized spacial score (nSPS) is 23.6. The van der Waals surface area contributed by atoms with Crippen molar-refractivity contribution in [2.45, 2.75) is 64.1 Å². The predicted molar refractivity (Wildman–Crippen MR) is 80.1 cm³/mol. The minimum atomic E-state index is 0.321. The second-order valence-corrected chi connectivity index (χ2v) is 5.78. The maximum atomic E-state index is 4.42. The molecule has 3 atom stereocenters. The fourth-order valence-corrected chi connectivity index (χ4v) is 2.94. The van der Waals surface area contributed by atoms with Crippen LogP contribution in [0.2, 0.25) is 0 Å².